The Morgan fingerprint density at radius 2 is 1.87 bits per heavy atom. The van der Waals surface area contributed by atoms with E-state index in [2.05, 4.69) is 0 Å². The molecule has 0 bridgehead atoms. The van der Waals surface area contributed by atoms with Crippen LogP contribution in [0.15, 0.2) is 46.4 Å². The average Bonchev–Trinajstić information content (AvgIpc) is 3.24. The first-order valence-electron chi connectivity index (χ1n) is 7.44. The third kappa shape index (κ3) is 3.46. The summed E-state index contributed by atoms with van der Waals surface area (Å²) in [5.41, 5.74) is 0.988. The molecule has 0 aliphatic carbocycles. The number of halogens is 1. The van der Waals surface area contributed by atoms with Gasteiger partial charge in [0.25, 0.3) is 5.91 Å². The van der Waals surface area contributed by atoms with Gasteiger partial charge in [-0.3, -0.25) is 4.79 Å². The molecule has 23 heavy (non-hydrogen) atoms. The van der Waals surface area contributed by atoms with E-state index in [1.54, 1.807) is 23.1 Å². The van der Waals surface area contributed by atoms with E-state index >= 15 is 0 Å². The van der Waals surface area contributed by atoms with Crippen LogP contribution >= 0.6 is 11.6 Å². The maximum atomic E-state index is 12.3. The number of nitriles is 1. The van der Waals surface area contributed by atoms with Crippen molar-refractivity contribution in [2.24, 2.45) is 0 Å². The number of likely N-dealkylation sites (tertiary alicyclic amines) is 1. The summed E-state index contributed by atoms with van der Waals surface area (Å²) >= 11 is 5.87. The van der Waals surface area contributed by atoms with E-state index in [9.17, 15) is 10.1 Å². The van der Waals surface area contributed by atoms with Crippen LogP contribution in [-0.4, -0.2) is 23.9 Å². The molecule has 1 aromatic heterocycles. The lowest BCUT2D eigenvalue weighted by atomic mass is 10.2. The van der Waals surface area contributed by atoms with E-state index in [1.807, 2.05) is 24.3 Å². The highest BCUT2D eigenvalue weighted by atomic mass is 35.5. The number of amides is 1. The zero-order valence-corrected chi connectivity index (χ0v) is 13.2. The SMILES string of the molecule is N#CC(=Cc1ccc(-c2ccc(Cl)cc2)o1)C(=O)N1CCCC1. The second kappa shape index (κ2) is 6.72. The quantitative estimate of drug-likeness (QED) is 0.629. The van der Waals surface area contributed by atoms with Crippen molar-refractivity contribution < 1.29 is 9.21 Å². The van der Waals surface area contributed by atoms with Crippen LogP contribution in [0.25, 0.3) is 17.4 Å². The highest BCUT2D eigenvalue weighted by Gasteiger charge is 2.21. The third-order valence-corrected chi connectivity index (χ3v) is 4.04. The van der Waals surface area contributed by atoms with Crippen LogP contribution in [0.5, 0.6) is 0 Å². The molecule has 116 valence electrons. The number of hydrogen-bond acceptors (Lipinski definition) is 3. The Morgan fingerprint density at radius 1 is 1.17 bits per heavy atom. The first-order valence-corrected chi connectivity index (χ1v) is 7.82. The Hall–Kier alpha value is -2.51. The number of carbonyl (C=O) groups is 1. The molecule has 0 N–H and O–H groups in total. The summed E-state index contributed by atoms with van der Waals surface area (Å²) in [6.45, 7) is 1.43. The van der Waals surface area contributed by atoms with Gasteiger partial charge in [-0.05, 0) is 49.2 Å². The van der Waals surface area contributed by atoms with Crippen LogP contribution in [0.1, 0.15) is 18.6 Å². The molecule has 1 fully saturated rings. The molecule has 0 spiro atoms. The van der Waals surface area contributed by atoms with Crippen molar-refractivity contribution in [1.82, 2.24) is 4.90 Å². The van der Waals surface area contributed by atoms with Gasteiger partial charge >= 0.3 is 0 Å². The molecule has 0 atom stereocenters. The fourth-order valence-electron chi connectivity index (χ4n) is 2.57. The van der Waals surface area contributed by atoms with Gasteiger partial charge in [0.05, 0.1) is 0 Å². The zero-order valence-electron chi connectivity index (χ0n) is 12.5. The van der Waals surface area contributed by atoms with Gasteiger partial charge in [0, 0.05) is 29.8 Å². The molecule has 2 heterocycles. The van der Waals surface area contributed by atoms with Crippen molar-refractivity contribution >= 4 is 23.6 Å². The molecule has 2 aromatic rings. The summed E-state index contributed by atoms with van der Waals surface area (Å²) in [4.78, 5) is 14.0. The van der Waals surface area contributed by atoms with Gasteiger partial charge in [0.1, 0.15) is 23.2 Å². The van der Waals surface area contributed by atoms with Crippen LogP contribution < -0.4 is 0 Å². The topological polar surface area (TPSA) is 57.2 Å². The molecule has 1 saturated heterocycles. The molecule has 3 rings (SSSR count). The van der Waals surface area contributed by atoms with E-state index in [4.69, 9.17) is 16.0 Å². The lowest BCUT2D eigenvalue weighted by Gasteiger charge is -2.13. The van der Waals surface area contributed by atoms with Crippen LogP contribution in [-0.2, 0) is 4.79 Å². The largest absolute Gasteiger partial charge is 0.457 e. The van der Waals surface area contributed by atoms with Gasteiger partial charge in [-0.1, -0.05) is 11.6 Å². The Morgan fingerprint density at radius 3 is 2.52 bits per heavy atom. The molecule has 0 saturated carbocycles. The molecule has 4 nitrogen and oxygen atoms in total. The standard InChI is InChI=1S/C18H15ClN2O2/c19-15-5-3-13(4-6-15)17-8-7-16(23-17)11-14(12-20)18(22)21-9-1-2-10-21/h3-8,11H,1-2,9-10H2. The Balaban J connectivity index is 1.82. The Labute approximate surface area is 139 Å². The van der Waals surface area contributed by atoms with Crippen LogP contribution in [0.2, 0.25) is 5.02 Å². The molecular weight excluding hydrogens is 312 g/mol. The van der Waals surface area contributed by atoms with Crippen LogP contribution in [0, 0.1) is 11.3 Å². The predicted molar refractivity (Wildman–Crippen MR) is 88.6 cm³/mol. The van der Waals surface area contributed by atoms with Gasteiger partial charge in [-0.2, -0.15) is 5.26 Å². The van der Waals surface area contributed by atoms with Crippen molar-refractivity contribution in [2.45, 2.75) is 12.8 Å². The van der Waals surface area contributed by atoms with E-state index in [-0.39, 0.29) is 11.5 Å². The fraction of sp³-hybridized carbons (Fsp3) is 0.222. The first kappa shape index (κ1) is 15.4. The first-order chi connectivity index (χ1) is 11.2. The number of carbonyl (C=O) groups excluding carboxylic acids is 1. The molecule has 1 aromatic carbocycles. The number of nitrogens with zero attached hydrogens (tertiary/aromatic N) is 2. The molecule has 5 heteroatoms. The van der Waals surface area contributed by atoms with Crippen molar-refractivity contribution in [3.63, 3.8) is 0 Å². The predicted octanol–water partition coefficient (Wildman–Crippen LogP) is 4.13. The zero-order chi connectivity index (χ0) is 16.2. The summed E-state index contributed by atoms with van der Waals surface area (Å²) in [5, 5.41) is 9.91. The van der Waals surface area contributed by atoms with E-state index < -0.39 is 0 Å². The van der Waals surface area contributed by atoms with Gasteiger partial charge < -0.3 is 9.32 Å². The minimum atomic E-state index is -0.227. The lowest BCUT2D eigenvalue weighted by molar-refractivity contribution is -0.125. The summed E-state index contributed by atoms with van der Waals surface area (Å²) in [6.07, 6.45) is 3.48. The van der Waals surface area contributed by atoms with Crippen molar-refractivity contribution in [3.8, 4) is 17.4 Å². The summed E-state index contributed by atoms with van der Waals surface area (Å²) in [7, 11) is 0. The van der Waals surface area contributed by atoms with Gasteiger partial charge in [0.2, 0.25) is 0 Å². The maximum absolute atomic E-state index is 12.3. The van der Waals surface area contributed by atoms with Gasteiger partial charge in [0.15, 0.2) is 0 Å². The van der Waals surface area contributed by atoms with Gasteiger partial charge in [-0.15, -0.1) is 0 Å². The molecule has 0 unspecified atom stereocenters. The minimum Gasteiger partial charge on any atom is -0.457 e. The van der Waals surface area contributed by atoms with E-state index in [1.165, 1.54) is 6.08 Å². The molecule has 0 radical (unpaired) electrons. The monoisotopic (exact) mass is 326 g/mol. The average molecular weight is 327 g/mol. The second-order valence-corrected chi connectivity index (χ2v) is 5.81. The van der Waals surface area contributed by atoms with Crippen molar-refractivity contribution in [1.29, 1.82) is 5.26 Å². The second-order valence-electron chi connectivity index (χ2n) is 5.38. The Bertz CT molecular complexity index is 778. The normalized spacial score (nSPS) is 14.8. The van der Waals surface area contributed by atoms with E-state index in [0.29, 0.717) is 29.6 Å². The van der Waals surface area contributed by atoms with Crippen molar-refractivity contribution in [3.05, 3.63) is 52.8 Å². The van der Waals surface area contributed by atoms with Crippen LogP contribution in [0.4, 0.5) is 0 Å². The highest BCUT2D eigenvalue weighted by Crippen LogP contribution is 2.25. The van der Waals surface area contributed by atoms with Gasteiger partial charge in [-0.25, -0.2) is 0 Å². The summed E-state index contributed by atoms with van der Waals surface area (Å²) in [5.74, 6) is 0.923. The van der Waals surface area contributed by atoms with E-state index in [0.717, 1.165) is 18.4 Å². The smallest absolute Gasteiger partial charge is 0.264 e. The van der Waals surface area contributed by atoms with Crippen molar-refractivity contribution in [2.75, 3.05) is 13.1 Å². The number of furan rings is 1. The molecule has 1 aliphatic rings. The maximum Gasteiger partial charge on any atom is 0.264 e. The molecule has 1 amide bonds. The summed E-state index contributed by atoms with van der Waals surface area (Å²) in [6, 6.07) is 12.8. The fourth-order valence-corrected chi connectivity index (χ4v) is 2.70. The lowest BCUT2D eigenvalue weighted by Crippen LogP contribution is -2.28. The van der Waals surface area contributed by atoms with Crippen LogP contribution in [0.3, 0.4) is 0 Å². The molecule has 1 aliphatic heterocycles. The third-order valence-electron chi connectivity index (χ3n) is 3.79. The minimum absolute atomic E-state index is 0.101. The summed E-state index contributed by atoms with van der Waals surface area (Å²) < 4.78 is 5.71. The highest BCUT2D eigenvalue weighted by molar-refractivity contribution is 6.30. The number of hydrogen-bond donors (Lipinski definition) is 0. The number of benzene rings is 1. The number of rotatable bonds is 3. The Kier molecular flexibility index (Phi) is 4.50. The molecular formula is C18H15ClN2O2.